The highest BCUT2D eigenvalue weighted by Crippen LogP contribution is 2.17. The van der Waals surface area contributed by atoms with E-state index in [0.29, 0.717) is 19.1 Å². The van der Waals surface area contributed by atoms with E-state index >= 15 is 0 Å². The number of aliphatic imine (C=N–C) groups is 1. The number of benzene rings is 1. The molecule has 1 aromatic heterocycles. The average Bonchev–Trinajstić information content (AvgIpc) is 3.33. The molecule has 1 fully saturated rings. The minimum atomic E-state index is 0. The molecule has 1 aliphatic heterocycles. The molecule has 1 aromatic carbocycles. The molecule has 1 N–H and O–H groups in total. The van der Waals surface area contributed by atoms with E-state index in [1.807, 2.05) is 29.8 Å². The van der Waals surface area contributed by atoms with Crippen LogP contribution in [0.15, 0.2) is 41.7 Å². The lowest BCUT2D eigenvalue weighted by molar-refractivity contribution is 0.0906. The van der Waals surface area contributed by atoms with Gasteiger partial charge < -0.3 is 19.5 Å². The first-order valence-electron chi connectivity index (χ1n) is 9.24. The Labute approximate surface area is 178 Å². The lowest BCUT2D eigenvalue weighted by Crippen LogP contribution is -2.40. The van der Waals surface area contributed by atoms with Crippen LogP contribution in [0.4, 0.5) is 0 Å². The zero-order chi connectivity index (χ0) is 18.2. The van der Waals surface area contributed by atoms with E-state index in [1.165, 1.54) is 5.56 Å². The second-order valence-electron chi connectivity index (χ2n) is 6.54. The van der Waals surface area contributed by atoms with Crippen molar-refractivity contribution in [3.8, 4) is 0 Å². The third-order valence-corrected chi connectivity index (χ3v) is 4.70. The summed E-state index contributed by atoms with van der Waals surface area (Å²) in [4.78, 5) is 6.72. The highest BCUT2D eigenvalue weighted by molar-refractivity contribution is 14.0. The summed E-state index contributed by atoms with van der Waals surface area (Å²) >= 11 is 0. The third-order valence-electron chi connectivity index (χ3n) is 4.70. The van der Waals surface area contributed by atoms with Crippen LogP contribution in [0.5, 0.6) is 0 Å². The van der Waals surface area contributed by atoms with Gasteiger partial charge in [0.15, 0.2) is 11.8 Å². The van der Waals surface area contributed by atoms with Gasteiger partial charge in [0.25, 0.3) is 0 Å². The lowest BCUT2D eigenvalue weighted by atomic mass is 10.1. The average molecular weight is 484 g/mol. The van der Waals surface area contributed by atoms with E-state index in [2.05, 4.69) is 44.5 Å². The lowest BCUT2D eigenvalue weighted by Gasteiger charge is -2.21. The molecule has 0 amide bonds. The number of guanidine groups is 1. The molecule has 1 unspecified atom stereocenters. The number of ether oxygens (including phenoxy) is 1. The molecule has 1 atom stereocenters. The van der Waals surface area contributed by atoms with Crippen molar-refractivity contribution in [2.24, 2.45) is 10.9 Å². The van der Waals surface area contributed by atoms with E-state index in [4.69, 9.17) is 4.74 Å². The molecule has 0 aliphatic carbocycles. The van der Waals surface area contributed by atoms with Crippen LogP contribution in [-0.4, -0.2) is 52.4 Å². The number of halogens is 1. The third kappa shape index (κ3) is 6.17. The Balaban J connectivity index is 0.00000261. The fraction of sp³-hybridized carbons (Fsp3) is 0.526. The van der Waals surface area contributed by atoms with Crippen LogP contribution in [-0.2, 0) is 24.4 Å². The van der Waals surface area contributed by atoms with Crippen molar-refractivity contribution in [2.75, 3.05) is 26.7 Å². The number of aryl methyl sites for hydroxylation is 1. The van der Waals surface area contributed by atoms with Gasteiger partial charge in [0.05, 0.1) is 19.8 Å². The first-order chi connectivity index (χ1) is 12.8. The van der Waals surface area contributed by atoms with Gasteiger partial charge in [-0.05, 0) is 18.9 Å². The normalized spacial score (nSPS) is 17.0. The number of hydrogen-bond donors (Lipinski definition) is 1. The number of nitrogens with one attached hydrogen (secondary N) is 1. The van der Waals surface area contributed by atoms with Crippen molar-refractivity contribution in [1.29, 1.82) is 0 Å². The standard InChI is InChI=1S/C19H28N6O.HI/c1-3-24-15-22-23-18(24)11-21-19(20-2)25-10-9-17(12-25)14-26-13-16-7-5-4-6-8-16;/h4-8,15,17H,3,9-14H2,1-2H3,(H,20,21);1H. The van der Waals surface area contributed by atoms with Crippen LogP contribution in [0.2, 0.25) is 0 Å². The molecule has 0 saturated carbocycles. The van der Waals surface area contributed by atoms with Gasteiger partial charge in [0.2, 0.25) is 0 Å². The Morgan fingerprint density at radius 3 is 2.89 bits per heavy atom. The van der Waals surface area contributed by atoms with Gasteiger partial charge in [0.1, 0.15) is 6.33 Å². The van der Waals surface area contributed by atoms with Crippen molar-refractivity contribution in [1.82, 2.24) is 25.0 Å². The maximum absolute atomic E-state index is 5.91. The van der Waals surface area contributed by atoms with Gasteiger partial charge in [-0.2, -0.15) is 0 Å². The Bertz CT molecular complexity index is 705. The summed E-state index contributed by atoms with van der Waals surface area (Å²) in [5, 5.41) is 11.5. The van der Waals surface area contributed by atoms with Crippen molar-refractivity contribution in [2.45, 2.75) is 33.0 Å². The topological polar surface area (TPSA) is 67.6 Å². The highest BCUT2D eigenvalue weighted by Gasteiger charge is 2.25. The van der Waals surface area contributed by atoms with Gasteiger partial charge in [-0.3, -0.25) is 4.99 Å². The van der Waals surface area contributed by atoms with Crippen LogP contribution in [0.1, 0.15) is 24.7 Å². The maximum Gasteiger partial charge on any atom is 0.194 e. The minimum Gasteiger partial charge on any atom is -0.376 e. The second-order valence-corrected chi connectivity index (χ2v) is 6.54. The predicted molar refractivity (Wildman–Crippen MR) is 117 cm³/mol. The SMILES string of the molecule is CCn1cnnc1CNC(=NC)N1CCC(COCc2ccccc2)C1.I. The summed E-state index contributed by atoms with van der Waals surface area (Å²) in [5.74, 6) is 2.38. The van der Waals surface area contributed by atoms with Crippen molar-refractivity contribution < 1.29 is 4.74 Å². The molecule has 1 aliphatic rings. The number of rotatable bonds is 7. The molecular formula is C19H29IN6O. The molecular weight excluding hydrogens is 455 g/mol. The monoisotopic (exact) mass is 484 g/mol. The molecule has 8 heteroatoms. The van der Waals surface area contributed by atoms with Crippen LogP contribution < -0.4 is 5.32 Å². The summed E-state index contributed by atoms with van der Waals surface area (Å²) in [6, 6.07) is 10.3. The summed E-state index contributed by atoms with van der Waals surface area (Å²) < 4.78 is 7.94. The van der Waals surface area contributed by atoms with Gasteiger partial charge in [-0.15, -0.1) is 34.2 Å². The van der Waals surface area contributed by atoms with Crippen LogP contribution in [0.25, 0.3) is 0 Å². The van der Waals surface area contributed by atoms with E-state index in [-0.39, 0.29) is 24.0 Å². The number of hydrogen-bond acceptors (Lipinski definition) is 4. The molecule has 1 saturated heterocycles. The molecule has 0 radical (unpaired) electrons. The fourth-order valence-corrected chi connectivity index (χ4v) is 3.25. The van der Waals surface area contributed by atoms with E-state index < -0.39 is 0 Å². The van der Waals surface area contributed by atoms with E-state index in [9.17, 15) is 0 Å². The quantitative estimate of drug-likeness (QED) is 0.372. The Hall–Kier alpha value is -1.68. The minimum absolute atomic E-state index is 0. The molecule has 2 heterocycles. The zero-order valence-corrected chi connectivity index (χ0v) is 18.4. The number of aromatic nitrogens is 3. The van der Waals surface area contributed by atoms with Crippen LogP contribution in [0, 0.1) is 5.92 Å². The molecule has 27 heavy (non-hydrogen) atoms. The smallest absolute Gasteiger partial charge is 0.194 e. The first-order valence-corrected chi connectivity index (χ1v) is 9.24. The zero-order valence-electron chi connectivity index (χ0n) is 16.0. The summed E-state index contributed by atoms with van der Waals surface area (Å²) in [7, 11) is 1.83. The van der Waals surface area contributed by atoms with Gasteiger partial charge in [-0.25, -0.2) is 0 Å². The van der Waals surface area contributed by atoms with Gasteiger partial charge in [0, 0.05) is 32.6 Å². The molecule has 148 valence electrons. The fourth-order valence-electron chi connectivity index (χ4n) is 3.25. The van der Waals surface area contributed by atoms with Gasteiger partial charge in [-0.1, -0.05) is 30.3 Å². The first kappa shape index (κ1) is 21.6. The number of likely N-dealkylation sites (tertiary alicyclic amines) is 1. The largest absolute Gasteiger partial charge is 0.376 e. The number of nitrogens with zero attached hydrogens (tertiary/aromatic N) is 5. The molecule has 3 rings (SSSR count). The Kier molecular flexibility index (Phi) is 8.99. The highest BCUT2D eigenvalue weighted by atomic mass is 127. The van der Waals surface area contributed by atoms with Crippen LogP contribution >= 0.6 is 24.0 Å². The Morgan fingerprint density at radius 2 is 2.15 bits per heavy atom. The summed E-state index contributed by atoms with van der Waals surface area (Å²) in [6.07, 6.45) is 2.89. The van der Waals surface area contributed by atoms with Crippen molar-refractivity contribution in [3.63, 3.8) is 0 Å². The van der Waals surface area contributed by atoms with E-state index in [1.54, 1.807) is 6.33 Å². The summed E-state index contributed by atoms with van der Waals surface area (Å²) in [5.41, 5.74) is 1.22. The predicted octanol–water partition coefficient (Wildman–Crippen LogP) is 2.53. The van der Waals surface area contributed by atoms with Crippen molar-refractivity contribution in [3.05, 3.63) is 48.0 Å². The summed E-state index contributed by atoms with van der Waals surface area (Å²) in [6.45, 7) is 7.01. The maximum atomic E-state index is 5.91. The second kappa shape index (κ2) is 11.2. The van der Waals surface area contributed by atoms with Crippen molar-refractivity contribution >= 4 is 29.9 Å². The molecule has 0 spiro atoms. The molecule has 7 nitrogen and oxygen atoms in total. The molecule has 2 aromatic rings. The van der Waals surface area contributed by atoms with E-state index in [0.717, 1.165) is 44.4 Å². The van der Waals surface area contributed by atoms with Crippen LogP contribution in [0.3, 0.4) is 0 Å². The van der Waals surface area contributed by atoms with Gasteiger partial charge >= 0.3 is 0 Å². The Morgan fingerprint density at radius 1 is 1.33 bits per heavy atom. The molecule has 0 bridgehead atoms.